The molecule has 1 aliphatic rings. The Morgan fingerprint density at radius 1 is 0.844 bits per heavy atom. The highest BCUT2D eigenvalue weighted by atomic mass is 16.5. The van der Waals surface area contributed by atoms with Gasteiger partial charge in [0.05, 0.1) is 32.1 Å². The highest BCUT2D eigenvalue weighted by Gasteiger charge is 2.41. The Kier molecular flexibility index (Phi) is 12.2. The van der Waals surface area contributed by atoms with E-state index in [4.69, 9.17) is 19.5 Å². The molecule has 0 aromatic carbocycles. The van der Waals surface area contributed by atoms with Gasteiger partial charge in [-0.3, -0.25) is 19.6 Å². The summed E-state index contributed by atoms with van der Waals surface area (Å²) < 4.78 is 10.3. The van der Waals surface area contributed by atoms with Crippen LogP contribution in [0, 0.1) is 10.8 Å². The predicted octanol–water partition coefficient (Wildman–Crippen LogP) is 5.96. The Balaban J connectivity index is 3.01. The van der Waals surface area contributed by atoms with Gasteiger partial charge in [-0.2, -0.15) is 0 Å². The maximum atomic E-state index is 12.0. The van der Waals surface area contributed by atoms with Crippen LogP contribution in [0.25, 0.3) is 0 Å². The molecule has 0 bridgehead atoms. The van der Waals surface area contributed by atoms with Crippen LogP contribution in [0.15, 0.2) is 9.98 Å². The zero-order valence-electron chi connectivity index (χ0n) is 21.6. The lowest BCUT2D eigenvalue weighted by molar-refractivity contribution is -0.142. The van der Waals surface area contributed by atoms with Crippen molar-refractivity contribution < 1.29 is 19.1 Å². The van der Waals surface area contributed by atoms with Crippen LogP contribution in [0.3, 0.4) is 0 Å². The van der Waals surface area contributed by atoms with Crippen LogP contribution in [0.4, 0.5) is 0 Å². The molecule has 2 unspecified atom stereocenters. The summed E-state index contributed by atoms with van der Waals surface area (Å²) in [5, 5.41) is 0. The van der Waals surface area contributed by atoms with Gasteiger partial charge in [0.1, 0.15) is 0 Å². The van der Waals surface area contributed by atoms with Gasteiger partial charge in [0.15, 0.2) is 0 Å². The number of carbonyl (C=O) groups is 2. The van der Waals surface area contributed by atoms with Crippen molar-refractivity contribution in [3.63, 3.8) is 0 Å². The lowest BCUT2D eigenvalue weighted by Crippen LogP contribution is -2.40. The molecule has 1 rings (SSSR count). The molecule has 0 amide bonds. The zero-order valence-corrected chi connectivity index (χ0v) is 21.6. The fourth-order valence-corrected chi connectivity index (χ4v) is 5.11. The molecule has 0 heterocycles. The maximum absolute atomic E-state index is 12.0. The van der Waals surface area contributed by atoms with E-state index in [1.54, 1.807) is 0 Å². The van der Waals surface area contributed by atoms with Gasteiger partial charge in [-0.1, -0.05) is 47.5 Å². The van der Waals surface area contributed by atoms with Crippen LogP contribution in [-0.2, 0) is 19.1 Å². The molecule has 6 nitrogen and oxygen atoms in total. The molecule has 0 aromatic rings. The molecule has 0 N–H and O–H groups in total. The first-order valence-electron chi connectivity index (χ1n) is 12.4. The predicted molar refractivity (Wildman–Crippen MR) is 132 cm³/mol. The summed E-state index contributed by atoms with van der Waals surface area (Å²) in [6.45, 7) is 16.3. The summed E-state index contributed by atoms with van der Waals surface area (Å²) in [5.74, 6) is -0.384. The Bertz CT molecular complexity index is 669. The van der Waals surface area contributed by atoms with Crippen molar-refractivity contribution in [3.05, 3.63) is 0 Å². The van der Waals surface area contributed by atoms with Crippen molar-refractivity contribution in [1.29, 1.82) is 0 Å². The van der Waals surface area contributed by atoms with Crippen LogP contribution < -0.4 is 0 Å². The summed E-state index contributed by atoms with van der Waals surface area (Å²) in [6, 6.07) is 0.176. The number of carbonyl (C=O) groups excluding carboxylic acids is 2. The molecule has 1 saturated carbocycles. The second kappa shape index (κ2) is 13.7. The average Bonchev–Trinajstić information content (AvgIpc) is 2.65. The van der Waals surface area contributed by atoms with Crippen molar-refractivity contribution in [3.8, 4) is 0 Å². The summed E-state index contributed by atoms with van der Waals surface area (Å²) in [6.07, 6.45) is 7.14. The molecule has 0 spiro atoms. The Morgan fingerprint density at radius 2 is 1.38 bits per heavy atom. The van der Waals surface area contributed by atoms with Crippen LogP contribution in [0.2, 0.25) is 0 Å². The third-order valence-corrected chi connectivity index (χ3v) is 5.86. The number of esters is 2. The van der Waals surface area contributed by atoms with E-state index in [9.17, 15) is 9.59 Å². The van der Waals surface area contributed by atoms with E-state index in [1.165, 1.54) is 0 Å². The minimum Gasteiger partial charge on any atom is -0.466 e. The quantitative estimate of drug-likeness (QED) is 0.256. The Labute approximate surface area is 195 Å². The largest absolute Gasteiger partial charge is 0.466 e. The van der Waals surface area contributed by atoms with Crippen molar-refractivity contribution in [2.24, 2.45) is 20.8 Å². The molecule has 6 heteroatoms. The molecular formula is C26H46N2O4. The second-order valence-corrected chi connectivity index (χ2v) is 10.3. The molecular weight excluding hydrogens is 404 g/mol. The molecule has 184 valence electrons. The topological polar surface area (TPSA) is 77.3 Å². The van der Waals surface area contributed by atoms with Crippen molar-refractivity contribution >= 4 is 23.4 Å². The van der Waals surface area contributed by atoms with Crippen molar-refractivity contribution in [2.75, 3.05) is 19.8 Å². The van der Waals surface area contributed by atoms with Gasteiger partial charge in [0, 0.05) is 18.0 Å². The first-order chi connectivity index (χ1) is 15.1. The lowest BCUT2D eigenvalue weighted by Gasteiger charge is -2.45. The highest BCUT2D eigenvalue weighted by Crippen LogP contribution is 2.47. The smallest absolute Gasteiger partial charge is 0.311 e. The summed E-state index contributed by atoms with van der Waals surface area (Å²) in [7, 11) is 0. The van der Waals surface area contributed by atoms with Crippen LogP contribution in [0.5, 0.6) is 0 Å². The summed E-state index contributed by atoms with van der Waals surface area (Å²) in [5.41, 5.74) is 2.03. The Hall–Kier alpha value is -1.72. The van der Waals surface area contributed by atoms with Gasteiger partial charge < -0.3 is 9.47 Å². The Morgan fingerprint density at radius 3 is 1.91 bits per heavy atom. The first kappa shape index (κ1) is 28.3. The number of aliphatic imine (C=N–C) groups is 2. The lowest BCUT2D eigenvalue weighted by atomic mass is 9.62. The number of rotatable bonds is 13. The van der Waals surface area contributed by atoms with Gasteiger partial charge in [0.25, 0.3) is 0 Å². The molecule has 0 radical (unpaired) electrons. The number of ether oxygens (including phenoxy) is 2. The molecule has 32 heavy (non-hydrogen) atoms. The van der Waals surface area contributed by atoms with Gasteiger partial charge in [0.2, 0.25) is 0 Å². The van der Waals surface area contributed by atoms with E-state index in [0.29, 0.717) is 19.8 Å². The van der Waals surface area contributed by atoms with E-state index in [2.05, 4.69) is 34.6 Å². The number of hydrogen-bond donors (Lipinski definition) is 0. The van der Waals surface area contributed by atoms with Gasteiger partial charge in [-0.15, -0.1) is 0 Å². The molecule has 1 fully saturated rings. The monoisotopic (exact) mass is 450 g/mol. The number of hydrogen-bond acceptors (Lipinski definition) is 6. The molecule has 1 aliphatic carbocycles. The molecule has 2 atom stereocenters. The van der Waals surface area contributed by atoms with Crippen molar-refractivity contribution in [2.45, 2.75) is 112 Å². The van der Waals surface area contributed by atoms with Gasteiger partial charge in [-0.05, 0) is 56.8 Å². The minimum absolute atomic E-state index is 0.00478. The normalized spacial score (nSPS) is 23.7. The average molecular weight is 451 g/mol. The van der Waals surface area contributed by atoms with Crippen molar-refractivity contribution in [1.82, 2.24) is 0 Å². The van der Waals surface area contributed by atoms with E-state index < -0.39 is 0 Å². The maximum Gasteiger partial charge on any atom is 0.311 e. The van der Waals surface area contributed by atoms with Gasteiger partial charge >= 0.3 is 11.9 Å². The fraction of sp³-hybridized carbons (Fsp3) is 0.846. The fourth-order valence-electron chi connectivity index (χ4n) is 5.11. The minimum atomic E-state index is -0.195. The van der Waals surface area contributed by atoms with E-state index in [0.717, 1.165) is 56.4 Å². The van der Waals surface area contributed by atoms with E-state index >= 15 is 0 Å². The van der Waals surface area contributed by atoms with Crippen LogP contribution in [-0.4, -0.2) is 49.2 Å². The molecule has 0 saturated heterocycles. The van der Waals surface area contributed by atoms with Crippen LogP contribution >= 0.6 is 0 Å². The van der Waals surface area contributed by atoms with Gasteiger partial charge in [-0.25, -0.2) is 0 Å². The van der Waals surface area contributed by atoms with E-state index in [1.807, 2.05) is 13.8 Å². The SMILES string of the molecule is CCCC(CC(=O)OCC)=NCC1(C)CC(N=C(CCC)CC(=O)OCC)CC(C)(C)C1. The molecule has 0 aliphatic heterocycles. The highest BCUT2D eigenvalue weighted by molar-refractivity contribution is 5.99. The second-order valence-electron chi connectivity index (χ2n) is 10.3. The number of nitrogens with zero attached hydrogens (tertiary/aromatic N) is 2. The summed E-state index contributed by atoms with van der Waals surface area (Å²) >= 11 is 0. The first-order valence-corrected chi connectivity index (χ1v) is 12.4. The summed E-state index contributed by atoms with van der Waals surface area (Å²) in [4.78, 5) is 34.0. The standard InChI is InChI=1S/C26H46N2O4/c1-8-12-20(14-23(29)31-10-3)27-19-26(7)17-22(16-25(5,6)18-26)28-21(13-9-2)15-24(30)32-11-4/h22H,8-19H2,1-7H3. The third kappa shape index (κ3) is 10.7. The third-order valence-electron chi connectivity index (χ3n) is 5.86. The molecule has 0 aromatic heterocycles. The zero-order chi connectivity index (χ0) is 24.2. The van der Waals surface area contributed by atoms with E-state index in [-0.39, 0.29) is 41.7 Å². The van der Waals surface area contributed by atoms with Crippen LogP contribution in [0.1, 0.15) is 106 Å².